The predicted molar refractivity (Wildman–Crippen MR) is 109 cm³/mol. The predicted octanol–water partition coefficient (Wildman–Crippen LogP) is 5.54. The van der Waals surface area contributed by atoms with Crippen LogP contribution in [0.3, 0.4) is 0 Å². The fraction of sp³-hybridized carbons (Fsp3) is 0.200. The van der Waals surface area contributed by atoms with Crippen LogP contribution in [0.1, 0.15) is 25.5 Å². The molecule has 0 fully saturated rings. The van der Waals surface area contributed by atoms with E-state index in [2.05, 4.69) is 16.9 Å². The first-order chi connectivity index (χ1) is 14.0. The van der Waals surface area contributed by atoms with Crippen LogP contribution in [-0.4, -0.2) is 27.8 Å². The number of aliphatic imine (C=N–C) groups is 1. The zero-order valence-electron chi connectivity index (χ0n) is 15.5. The standard InChI is InChI=1S/C20H18ClN3O5/c1-2-3-10-28-15-7-4-13(5-8-15)19-23-17(20(25)29-19)12-22-14-6-9-16(21)18(11-14)24(26)27/h4-9,11-12,25H,2-3,10H2,1H3. The van der Waals surface area contributed by atoms with Crippen LogP contribution < -0.4 is 4.74 Å². The van der Waals surface area contributed by atoms with Crippen LogP contribution in [0.5, 0.6) is 11.7 Å². The van der Waals surface area contributed by atoms with Crippen molar-refractivity contribution in [2.45, 2.75) is 19.8 Å². The van der Waals surface area contributed by atoms with Crippen molar-refractivity contribution in [2.24, 2.45) is 4.99 Å². The maximum absolute atomic E-state index is 11.0. The molecule has 29 heavy (non-hydrogen) atoms. The summed E-state index contributed by atoms with van der Waals surface area (Å²) in [5, 5.41) is 21.0. The Morgan fingerprint density at radius 3 is 2.76 bits per heavy atom. The van der Waals surface area contributed by atoms with Crippen LogP contribution in [-0.2, 0) is 0 Å². The van der Waals surface area contributed by atoms with Crippen LogP contribution in [0.15, 0.2) is 51.9 Å². The number of aromatic nitrogens is 1. The fourth-order valence-corrected chi connectivity index (χ4v) is 2.60. The van der Waals surface area contributed by atoms with Crippen molar-refractivity contribution in [3.8, 4) is 23.1 Å². The normalized spacial score (nSPS) is 11.1. The van der Waals surface area contributed by atoms with Crippen LogP contribution in [0.2, 0.25) is 5.02 Å². The molecule has 0 spiro atoms. The quantitative estimate of drug-likeness (QED) is 0.224. The second kappa shape index (κ2) is 9.20. The minimum atomic E-state index is -0.595. The van der Waals surface area contributed by atoms with Crippen molar-refractivity contribution in [2.75, 3.05) is 6.61 Å². The molecular formula is C20H18ClN3O5. The SMILES string of the molecule is CCCCOc1ccc(-c2nc(C=Nc3ccc(Cl)c([N+](=O)[O-])c3)c(O)o2)cc1. The van der Waals surface area contributed by atoms with E-state index < -0.39 is 10.9 Å². The number of hydrogen-bond acceptors (Lipinski definition) is 7. The van der Waals surface area contributed by atoms with Crippen molar-refractivity contribution in [1.82, 2.24) is 4.98 Å². The molecule has 150 valence electrons. The number of rotatable bonds is 8. The molecule has 0 saturated heterocycles. The highest BCUT2D eigenvalue weighted by atomic mass is 35.5. The van der Waals surface area contributed by atoms with E-state index in [1.807, 2.05) is 0 Å². The Labute approximate surface area is 171 Å². The number of aromatic hydroxyl groups is 1. The van der Waals surface area contributed by atoms with Crippen LogP contribution >= 0.6 is 11.6 Å². The van der Waals surface area contributed by atoms with Gasteiger partial charge in [0.15, 0.2) is 5.69 Å². The van der Waals surface area contributed by atoms with Crippen molar-refractivity contribution < 1.29 is 19.2 Å². The zero-order chi connectivity index (χ0) is 20.8. The molecule has 2 aromatic carbocycles. The number of hydrogen-bond donors (Lipinski definition) is 1. The highest BCUT2D eigenvalue weighted by Crippen LogP contribution is 2.30. The third-order valence-corrected chi connectivity index (χ3v) is 4.28. The first-order valence-corrected chi connectivity index (χ1v) is 9.26. The van der Waals surface area contributed by atoms with Gasteiger partial charge in [0.05, 0.1) is 23.4 Å². The van der Waals surface area contributed by atoms with E-state index in [-0.39, 0.29) is 22.3 Å². The van der Waals surface area contributed by atoms with Gasteiger partial charge < -0.3 is 14.3 Å². The monoisotopic (exact) mass is 415 g/mol. The number of ether oxygens (including phenoxy) is 1. The van der Waals surface area contributed by atoms with E-state index in [4.69, 9.17) is 20.8 Å². The summed E-state index contributed by atoms with van der Waals surface area (Å²) in [6, 6.07) is 11.3. The third kappa shape index (κ3) is 5.11. The van der Waals surface area contributed by atoms with Gasteiger partial charge in [-0.2, -0.15) is 0 Å². The van der Waals surface area contributed by atoms with E-state index in [9.17, 15) is 15.2 Å². The smallest absolute Gasteiger partial charge is 0.312 e. The summed E-state index contributed by atoms with van der Waals surface area (Å²) < 4.78 is 10.9. The molecule has 0 bridgehead atoms. The first kappa shape index (κ1) is 20.3. The summed E-state index contributed by atoms with van der Waals surface area (Å²) >= 11 is 5.78. The van der Waals surface area contributed by atoms with E-state index in [1.165, 1.54) is 24.4 Å². The number of nitro groups is 1. The lowest BCUT2D eigenvalue weighted by atomic mass is 10.2. The second-order valence-electron chi connectivity index (χ2n) is 6.09. The Hall–Kier alpha value is -3.39. The summed E-state index contributed by atoms with van der Waals surface area (Å²) in [4.78, 5) is 18.7. The molecule has 0 aliphatic rings. The molecule has 9 heteroatoms. The van der Waals surface area contributed by atoms with Gasteiger partial charge in [0, 0.05) is 11.6 Å². The lowest BCUT2D eigenvalue weighted by Crippen LogP contribution is -1.95. The largest absolute Gasteiger partial charge is 0.494 e. The third-order valence-electron chi connectivity index (χ3n) is 3.96. The van der Waals surface area contributed by atoms with Gasteiger partial charge in [0.2, 0.25) is 5.89 Å². The Balaban J connectivity index is 1.76. The zero-order valence-corrected chi connectivity index (χ0v) is 16.3. The summed E-state index contributed by atoms with van der Waals surface area (Å²) in [7, 11) is 0. The fourth-order valence-electron chi connectivity index (χ4n) is 2.42. The molecule has 1 N–H and O–H groups in total. The Morgan fingerprint density at radius 1 is 1.31 bits per heavy atom. The van der Waals surface area contributed by atoms with Gasteiger partial charge in [-0.25, -0.2) is 4.98 Å². The number of benzene rings is 2. The molecule has 0 amide bonds. The summed E-state index contributed by atoms with van der Waals surface area (Å²) in [5.41, 5.74) is 0.789. The number of nitro benzene ring substituents is 1. The number of nitrogens with zero attached hydrogens (tertiary/aromatic N) is 3. The lowest BCUT2D eigenvalue weighted by molar-refractivity contribution is -0.384. The highest BCUT2D eigenvalue weighted by Gasteiger charge is 2.14. The maximum atomic E-state index is 11.0. The van der Waals surface area contributed by atoms with Gasteiger partial charge >= 0.3 is 5.95 Å². The van der Waals surface area contributed by atoms with E-state index >= 15 is 0 Å². The molecule has 3 aromatic rings. The molecular weight excluding hydrogens is 398 g/mol. The summed E-state index contributed by atoms with van der Waals surface area (Å²) in [5.74, 6) is 0.547. The molecule has 0 radical (unpaired) electrons. The molecule has 0 unspecified atom stereocenters. The van der Waals surface area contributed by atoms with Crippen molar-refractivity contribution >= 4 is 29.2 Å². The Bertz CT molecular complexity index is 1030. The molecule has 0 aliphatic carbocycles. The molecule has 0 atom stereocenters. The van der Waals surface area contributed by atoms with Crippen molar-refractivity contribution in [3.63, 3.8) is 0 Å². The van der Waals surface area contributed by atoms with Gasteiger partial charge in [0.25, 0.3) is 5.69 Å². The van der Waals surface area contributed by atoms with Gasteiger partial charge in [-0.05, 0) is 42.8 Å². The summed E-state index contributed by atoms with van der Waals surface area (Å²) in [6.07, 6.45) is 3.30. The van der Waals surface area contributed by atoms with Gasteiger partial charge in [0.1, 0.15) is 10.8 Å². The van der Waals surface area contributed by atoms with E-state index in [0.717, 1.165) is 18.6 Å². The average molecular weight is 416 g/mol. The Kier molecular flexibility index (Phi) is 6.46. The molecule has 0 saturated carbocycles. The number of halogens is 1. The molecule has 1 heterocycles. The number of unbranched alkanes of at least 4 members (excludes halogenated alkanes) is 1. The summed E-state index contributed by atoms with van der Waals surface area (Å²) in [6.45, 7) is 2.75. The Morgan fingerprint density at radius 2 is 2.07 bits per heavy atom. The number of oxazole rings is 1. The topological polar surface area (TPSA) is 111 Å². The minimum absolute atomic E-state index is 0.0163. The molecule has 3 rings (SSSR count). The van der Waals surface area contributed by atoms with Gasteiger partial charge in [-0.3, -0.25) is 15.1 Å². The molecule has 0 aliphatic heterocycles. The molecule has 8 nitrogen and oxygen atoms in total. The minimum Gasteiger partial charge on any atom is -0.494 e. The van der Waals surface area contributed by atoms with Crippen molar-refractivity contribution in [3.05, 3.63) is 63.3 Å². The van der Waals surface area contributed by atoms with Crippen LogP contribution in [0.4, 0.5) is 11.4 Å². The van der Waals surface area contributed by atoms with Gasteiger partial charge in [-0.1, -0.05) is 24.9 Å². The lowest BCUT2D eigenvalue weighted by Gasteiger charge is -2.05. The van der Waals surface area contributed by atoms with Crippen LogP contribution in [0, 0.1) is 10.1 Å². The van der Waals surface area contributed by atoms with E-state index in [1.54, 1.807) is 24.3 Å². The van der Waals surface area contributed by atoms with Crippen LogP contribution in [0.25, 0.3) is 11.5 Å². The second-order valence-corrected chi connectivity index (χ2v) is 6.49. The van der Waals surface area contributed by atoms with E-state index in [0.29, 0.717) is 17.9 Å². The highest BCUT2D eigenvalue weighted by molar-refractivity contribution is 6.32. The first-order valence-electron chi connectivity index (χ1n) is 8.89. The average Bonchev–Trinajstić information content (AvgIpc) is 3.08. The van der Waals surface area contributed by atoms with Gasteiger partial charge in [-0.15, -0.1) is 0 Å². The maximum Gasteiger partial charge on any atom is 0.312 e. The van der Waals surface area contributed by atoms with Crippen molar-refractivity contribution in [1.29, 1.82) is 0 Å². The molecule has 1 aromatic heterocycles.